The van der Waals surface area contributed by atoms with E-state index in [1.807, 2.05) is 37.1 Å². The van der Waals surface area contributed by atoms with Crippen LogP contribution in [0.3, 0.4) is 0 Å². The molecule has 0 saturated carbocycles. The third-order valence-electron chi connectivity index (χ3n) is 2.96. The molecule has 2 rings (SSSR count). The van der Waals surface area contributed by atoms with E-state index in [1.54, 1.807) is 0 Å². The molecule has 0 aliphatic heterocycles. The molecule has 3 nitrogen and oxygen atoms in total. The van der Waals surface area contributed by atoms with E-state index < -0.39 is 0 Å². The number of rotatable bonds is 3. The molecular formula is C13H16ClN3. The fourth-order valence-corrected chi connectivity index (χ4v) is 2.08. The van der Waals surface area contributed by atoms with Gasteiger partial charge in [-0.05, 0) is 37.2 Å². The number of nitrogens with one attached hydrogen (secondary N) is 1. The summed E-state index contributed by atoms with van der Waals surface area (Å²) in [7, 11) is 3.88. The zero-order valence-corrected chi connectivity index (χ0v) is 11.0. The predicted octanol–water partition coefficient (Wildman–Crippen LogP) is 2.77. The topological polar surface area (TPSA) is 29.9 Å². The molecule has 0 aliphatic rings. The van der Waals surface area contributed by atoms with Gasteiger partial charge in [-0.15, -0.1) is 0 Å². The number of aryl methyl sites for hydroxylation is 1. The lowest BCUT2D eigenvalue weighted by Gasteiger charge is -2.09. The van der Waals surface area contributed by atoms with E-state index in [4.69, 9.17) is 11.6 Å². The highest BCUT2D eigenvalue weighted by Gasteiger charge is 2.11. The van der Waals surface area contributed by atoms with Crippen molar-refractivity contribution in [2.45, 2.75) is 13.5 Å². The number of halogens is 1. The van der Waals surface area contributed by atoms with Gasteiger partial charge in [0, 0.05) is 29.9 Å². The molecule has 0 radical (unpaired) electrons. The van der Waals surface area contributed by atoms with Crippen molar-refractivity contribution in [3.05, 3.63) is 40.7 Å². The average molecular weight is 250 g/mol. The number of hydrogen-bond donors (Lipinski definition) is 1. The van der Waals surface area contributed by atoms with E-state index in [2.05, 4.69) is 23.4 Å². The first-order chi connectivity index (χ1) is 8.13. The van der Waals surface area contributed by atoms with Crippen LogP contribution < -0.4 is 5.32 Å². The van der Waals surface area contributed by atoms with Crippen LogP contribution in [0, 0.1) is 6.92 Å². The lowest BCUT2D eigenvalue weighted by atomic mass is 10.0. The quantitative estimate of drug-likeness (QED) is 0.907. The maximum atomic E-state index is 6.08. The van der Waals surface area contributed by atoms with Crippen LogP contribution in [0.25, 0.3) is 11.1 Å². The fraction of sp³-hybridized carbons (Fsp3) is 0.308. The summed E-state index contributed by atoms with van der Waals surface area (Å²) < 4.78 is 1.87. The van der Waals surface area contributed by atoms with E-state index in [1.165, 1.54) is 5.56 Å². The Morgan fingerprint density at radius 1 is 1.35 bits per heavy atom. The van der Waals surface area contributed by atoms with Crippen molar-refractivity contribution in [3.63, 3.8) is 0 Å². The Balaban J connectivity index is 2.56. The maximum absolute atomic E-state index is 6.08. The van der Waals surface area contributed by atoms with E-state index in [0.29, 0.717) is 0 Å². The van der Waals surface area contributed by atoms with Crippen molar-refractivity contribution in [3.8, 4) is 11.1 Å². The molecule has 17 heavy (non-hydrogen) atoms. The first-order valence-electron chi connectivity index (χ1n) is 5.55. The lowest BCUT2D eigenvalue weighted by Crippen LogP contribution is -2.06. The molecule has 1 N–H and O–H groups in total. The largest absolute Gasteiger partial charge is 0.316 e. The Kier molecular flexibility index (Phi) is 3.50. The van der Waals surface area contributed by atoms with Gasteiger partial charge in [0.2, 0.25) is 0 Å². The molecule has 2 aromatic rings. The van der Waals surface area contributed by atoms with Crippen molar-refractivity contribution < 1.29 is 0 Å². The summed E-state index contributed by atoms with van der Waals surface area (Å²) in [5, 5.41) is 8.20. The van der Waals surface area contributed by atoms with Crippen molar-refractivity contribution >= 4 is 11.6 Å². The van der Waals surface area contributed by atoms with Crippen LogP contribution in [0.15, 0.2) is 24.4 Å². The summed E-state index contributed by atoms with van der Waals surface area (Å²) in [6, 6.07) is 5.97. The van der Waals surface area contributed by atoms with Gasteiger partial charge in [0.05, 0.1) is 6.20 Å². The Hall–Kier alpha value is -1.32. The molecule has 0 bridgehead atoms. The van der Waals surface area contributed by atoms with Crippen molar-refractivity contribution in [1.82, 2.24) is 15.1 Å². The molecule has 0 spiro atoms. The van der Waals surface area contributed by atoms with Crippen molar-refractivity contribution in [1.29, 1.82) is 0 Å². The van der Waals surface area contributed by atoms with Crippen LogP contribution in [0.1, 0.15) is 11.3 Å². The minimum absolute atomic E-state index is 0.753. The summed E-state index contributed by atoms with van der Waals surface area (Å²) in [4.78, 5) is 0. The molecular weight excluding hydrogens is 234 g/mol. The molecule has 1 aromatic heterocycles. The molecule has 90 valence electrons. The van der Waals surface area contributed by atoms with E-state index >= 15 is 0 Å². The Morgan fingerprint density at radius 2 is 2.12 bits per heavy atom. The second-order valence-electron chi connectivity index (χ2n) is 4.10. The highest BCUT2D eigenvalue weighted by atomic mass is 35.5. The number of nitrogens with zero attached hydrogens (tertiary/aromatic N) is 2. The van der Waals surface area contributed by atoms with Crippen LogP contribution in [-0.4, -0.2) is 16.8 Å². The third kappa shape index (κ3) is 2.35. The van der Waals surface area contributed by atoms with Gasteiger partial charge in [-0.25, -0.2) is 0 Å². The monoisotopic (exact) mass is 249 g/mol. The molecule has 4 heteroatoms. The van der Waals surface area contributed by atoms with Gasteiger partial charge in [-0.3, -0.25) is 4.68 Å². The predicted molar refractivity (Wildman–Crippen MR) is 71.2 cm³/mol. The SMILES string of the molecule is CNCc1ccc(Cl)cc1-c1cnn(C)c1C. The number of aromatic nitrogens is 2. The second-order valence-corrected chi connectivity index (χ2v) is 4.54. The van der Waals surface area contributed by atoms with Gasteiger partial charge in [0.1, 0.15) is 0 Å². The van der Waals surface area contributed by atoms with Crippen LogP contribution in [0.2, 0.25) is 5.02 Å². The highest BCUT2D eigenvalue weighted by molar-refractivity contribution is 6.30. The first kappa shape index (κ1) is 12.1. The van der Waals surface area contributed by atoms with Gasteiger partial charge in [-0.2, -0.15) is 5.10 Å². The van der Waals surface area contributed by atoms with Gasteiger partial charge >= 0.3 is 0 Å². The average Bonchev–Trinajstić information content (AvgIpc) is 2.63. The molecule has 0 saturated heterocycles. The molecule has 0 aliphatic carbocycles. The van der Waals surface area contributed by atoms with Crippen LogP contribution >= 0.6 is 11.6 Å². The van der Waals surface area contributed by atoms with Gasteiger partial charge in [0.15, 0.2) is 0 Å². The van der Waals surface area contributed by atoms with Gasteiger partial charge in [-0.1, -0.05) is 17.7 Å². The zero-order valence-electron chi connectivity index (χ0n) is 10.3. The Bertz CT molecular complexity index is 531. The molecule has 0 unspecified atom stereocenters. The summed E-state index contributed by atoms with van der Waals surface area (Å²) >= 11 is 6.08. The second kappa shape index (κ2) is 4.90. The zero-order chi connectivity index (χ0) is 12.4. The first-order valence-corrected chi connectivity index (χ1v) is 5.93. The minimum atomic E-state index is 0.753. The maximum Gasteiger partial charge on any atom is 0.0571 e. The lowest BCUT2D eigenvalue weighted by molar-refractivity contribution is 0.740. The van der Waals surface area contributed by atoms with E-state index in [-0.39, 0.29) is 0 Å². The van der Waals surface area contributed by atoms with E-state index in [0.717, 1.165) is 28.4 Å². The summed E-state index contributed by atoms with van der Waals surface area (Å²) in [6.45, 7) is 2.88. The summed E-state index contributed by atoms with van der Waals surface area (Å²) in [6.07, 6.45) is 1.89. The smallest absolute Gasteiger partial charge is 0.0571 e. The minimum Gasteiger partial charge on any atom is -0.316 e. The molecule has 0 atom stereocenters. The van der Waals surface area contributed by atoms with Crippen LogP contribution in [-0.2, 0) is 13.6 Å². The highest BCUT2D eigenvalue weighted by Crippen LogP contribution is 2.29. The molecule has 1 aromatic carbocycles. The number of hydrogen-bond acceptors (Lipinski definition) is 2. The normalized spacial score (nSPS) is 10.8. The Labute approximate surface area is 106 Å². The Morgan fingerprint density at radius 3 is 2.71 bits per heavy atom. The fourth-order valence-electron chi connectivity index (χ4n) is 1.91. The van der Waals surface area contributed by atoms with Crippen molar-refractivity contribution in [2.24, 2.45) is 7.05 Å². The van der Waals surface area contributed by atoms with Gasteiger partial charge < -0.3 is 5.32 Å². The molecule has 0 amide bonds. The summed E-state index contributed by atoms with van der Waals surface area (Å²) in [5.74, 6) is 0. The molecule has 1 heterocycles. The molecule has 0 fully saturated rings. The van der Waals surface area contributed by atoms with Gasteiger partial charge in [0.25, 0.3) is 0 Å². The summed E-state index contributed by atoms with van der Waals surface area (Å²) in [5.41, 5.74) is 4.66. The van der Waals surface area contributed by atoms with Crippen LogP contribution in [0.5, 0.6) is 0 Å². The van der Waals surface area contributed by atoms with E-state index in [9.17, 15) is 0 Å². The van der Waals surface area contributed by atoms with Crippen LogP contribution in [0.4, 0.5) is 0 Å². The third-order valence-corrected chi connectivity index (χ3v) is 3.20. The number of benzene rings is 1. The van der Waals surface area contributed by atoms with Crippen molar-refractivity contribution in [2.75, 3.05) is 7.05 Å². The standard InChI is InChI=1S/C13H16ClN3/c1-9-13(8-16-17(9)3)12-6-11(14)5-4-10(12)7-15-2/h4-6,8,15H,7H2,1-3H3.